The summed E-state index contributed by atoms with van der Waals surface area (Å²) in [5, 5.41) is 2.73. The van der Waals surface area contributed by atoms with Crippen molar-refractivity contribution in [1.29, 1.82) is 0 Å². The van der Waals surface area contributed by atoms with Gasteiger partial charge < -0.3 is 5.32 Å². The fourth-order valence-electron chi connectivity index (χ4n) is 2.49. The molecule has 27 heavy (non-hydrogen) atoms. The van der Waals surface area contributed by atoms with Gasteiger partial charge in [0.15, 0.2) is 0 Å². The molecule has 0 aromatic heterocycles. The zero-order valence-electron chi connectivity index (χ0n) is 14.2. The maximum atomic E-state index is 13.1. The maximum Gasteiger partial charge on any atom is 0.264 e. The van der Waals surface area contributed by atoms with Gasteiger partial charge in [-0.3, -0.25) is 9.10 Å². The lowest BCUT2D eigenvalue weighted by Gasteiger charge is -2.24. The Hall–Kier alpha value is -2.39. The number of para-hydroxylation sites is 1. The van der Waals surface area contributed by atoms with Gasteiger partial charge in [0.05, 0.1) is 10.6 Å². The van der Waals surface area contributed by atoms with Crippen LogP contribution in [0.2, 0.25) is 0 Å². The fourth-order valence-corrected chi connectivity index (χ4v) is 4.30. The number of hydrogen-bond donors (Lipinski definition) is 1. The number of amides is 1. The van der Waals surface area contributed by atoms with Crippen LogP contribution >= 0.6 is 22.6 Å². The molecule has 5 nitrogen and oxygen atoms in total. The number of halogens is 1. The second-order valence-corrected chi connectivity index (χ2v) is 8.82. The monoisotopic (exact) mass is 492 g/mol. The normalized spacial score (nSPS) is 11.0. The number of rotatable bonds is 6. The van der Waals surface area contributed by atoms with Crippen LogP contribution in [0.15, 0.2) is 89.8 Å². The average molecular weight is 492 g/mol. The third kappa shape index (κ3) is 4.86. The van der Waals surface area contributed by atoms with E-state index < -0.39 is 15.9 Å². The van der Waals surface area contributed by atoms with Gasteiger partial charge >= 0.3 is 0 Å². The van der Waals surface area contributed by atoms with Crippen LogP contribution in [0, 0.1) is 3.57 Å². The summed E-state index contributed by atoms with van der Waals surface area (Å²) >= 11 is 2.15. The zero-order chi connectivity index (χ0) is 19.3. The van der Waals surface area contributed by atoms with E-state index >= 15 is 0 Å². The summed E-state index contributed by atoms with van der Waals surface area (Å²) in [7, 11) is -3.88. The van der Waals surface area contributed by atoms with Crippen LogP contribution in [0.5, 0.6) is 0 Å². The predicted octanol–water partition coefficient (Wildman–Crippen LogP) is 4.13. The molecule has 1 amide bonds. The van der Waals surface area contributed by atoms with Gasteiger partial charge in [-0.05, 0) is 71.1 Å². The highest BCUT2D eigenvalue weighted by molar-refractivity contribution is 14.1. The van der Waals surface area contributed by atoms with Crippen molar-refractivity contribution in [3.05, 3.63) is 88.5 Å². The largest absolute Gasteiger partial charge is 0.325 e. The highest BCUT2D eigenvalue weighted by Crippen LogP contribution is 2.24. The first-order chi connectivity index (χ1) is 13.0. The lowest BCUT2D eigenvalue weighted by atomic mass is 10.3. The summed E-state index contributed by atoms with van der Waals surface area (Å²) in [6.45, 7) is -0.327. The first kappa shape index (κ1) is 19.4. The Morgan fingerprint density at radius 2 is 1.41 bits per heavy atom. The number of nitrogens with zero attached hydrogens (tertiary/aromatic N) is 1. The van der Waals surface area contributed by atoms with Gasteiger partial charge in [-0.2, -0.15) is 0 Å². The van der Waals surface area contributed by atoms with Gasteiger partial charge in [0.1, 0.15) is 6.54 Å². The zero-order valence-corrected chi connectivity index (χ0v) is 17.2. The Balaban J connectivity index is 1.93. The molecule has 0 atom stereocenters. The van der Waals surface area contributed by atoms with Crippen LogP contribution in [0.1, 0.15) is 0 Å². The summed E-state index contributed by atoms with van der Waals surface area (Å²) in [5.41, 5.74) is 1.05. The Morgan fingerprint density at radius 3 is 2.00 bits per heavy atom. The van der Waals surface area contributed by atoms with Crippen molar-refractivity contribution in [3.8, 4) is 0 Å². The van der Waals surface area contributed by atoms with Crippen molar-refractivity contribution >= 4 is 49.9 Å². The summed E-state index contributed by atoms with van der Waals surface area (Å²) in [6, 6.07) is 24.0. The van der Waals surface area contributed by atoms with Crippen LogP contribution in [0.3, 0.4) is 0 Å². The molecule has 0 aliphatic heterocycles. The molecular formula is C20H17IN2O3S. The molecule has 7 heteroatoms. The molecule has 0 unspecified atom stereocenters. The standard InChI is InChI=1S/C20H17IN2O3S/c21-16-11-13-18(14-12-16)23(27(25,26)19-9-5-2-6-10-19)15-20(24)22-17-7-3-1-4-8-17/h1-14H,15H2,(H,22,24). The summed E-state index contributed by atoms with van der Waals surface area (Å²) in [6.07, 6.45) is 0. The van der Waals surface area contributed by atoms with Gasteiger partial charge in [-0.15, -0.1) is 0 Å². The van der Waals surface area contributed by atoms with Gasteiger partial charge in [-0.25, -0.2) is 8.42 Å². The summed E-state index contributed by atoms with van der Waals surface area (Å²) < 4.78 is 28.4. The number of anilines is 2. The highest BCUT2D eigenvalue weighted by Gasteiger charge is 2.27. The fraction of sp³-hybridized carbons (Fsp3) is 0.0500. The van der Waals surface area contributed by atoms with Gasteiger partial charge in [0.2, 0.25) is 5.91 Å². The topological polar surface area (TPSA) is 66.5 Å². The number of hydrogen-bond acceptors (Lipinski definition) is 3. The van der Waals surface area contributed by atoms with E-state index in [0.717, 1.165) is 7.88 Å². The van der Waals surface area contributed by atoms with Crippen LogP contribution in [0.4, 0.5) is 11.4 Å². The van der Waals surface area contributed by atoms with E-state index in [1.807, 2.05) is 6.07 Å². The van der Waals surface area contributed by atoms with E-state index in [2.05, 4.69) is 27.9 Å². The first-order valence-electron chi connectivity index (χ1n) is 8.15. The molecule has 0 fully saturated rings. The third-order valence-corrected chi connectivity index (χ3v) is 6.30. The van der Waals surface area contributed by atoms with E-state index in [4.69, 9.17) is 0 Å². The van der Waals surface area contributed by atoms with E-state index in [1.165, 1.54) is 12.1 Å². The third-order valence-electron chi connectivity index (χ3n) is 3.79. The SMILES string of the molecule is O=C(CN(c1ccc(I)cc1)S(=O)(=O)c1ccccc1)Nc1ccccc1. The van der Waals surface area contributed by atoms with Gasteiger partial charge in [-0.1, -0.05) is 36.4 Å². The first-order valence-corrected chi connectivity index (χ1v) is 10.7. The number of benzene rings is 3. The molecule has 0 radical (unpaired) electrons. The van der Waals surface area contributed by atoms with Crippen molar-refractivity contribution in [2.24, 2.45) is 0 Å². The van der Waals surface area contributed by atoms with E-state index in [9.17, 15) is 13.2 Å². The molecule has 0 heterocycles. The number of carbonyl (C=O) groups excluding carboxylic acids is 1. The predicted molar refractivity (Wildman–Crippen MR) is 115 cm³/mol. The molecule has 1 N–H and O–H groups in total. The van der Waals surface area contributed by atoms with E-state index in [1.54, 1.807) is 66.7 Å². The lowest BCUT2D eigenvalue weighted by Crippen LogP contribution is -2.38. The molecule has 0 spiro atoms. The maximum absolute atomic E-state index is 13.1. The van der Waals surface area contributed by atoms with Gasteiger partial charge in [0, 0.05) is 9.26 Å². The Labute approximate surface area is 172 Å². The minimum absolute atomic E-state index is 0.135. The van der Waals surface area contributed by atoms with Crippen LogP contribution < -0.4 is 9.62 Å². The smallest absolute Gasteiger partial charge is 0.264 e. The van der Waals surface area contributed by atoms with Crippen LogP contribution in [-0.4, -0.2) is 20.9 Å². The van der Waals surface area contributed by atoms with Crippen molar-refractivity contribution < 1.29 is 13.2 Å². The molecule has 0 aliphatic carbocycles. The molecule has 3 rings (SSSR count). The van der Waals surface area contributed by atoms with Crippen LogP contribution in [-0.2, 0) is 14.8 Å². The Kier molecular flexibility index (Phi) is 6.12. The quantitative estimate of drug-likeness (QED) is 0.527. The van der Waals surface area contributed by atoms with Crippen LogP contribution in [0.25, 0.3) is 0 Å². The molecule has 3 aromatic rings. The van der Waals surface area contributed by atoms with E-state index in [0.29, 0.717) is 11.4 Å². The summed E-state index contributed by atoms with van der Waals surface area (Å²) in [5.74, 6) is -0.417. The minimum atomic E-state index is -3.88. The molecule has 0 saturated heterocycles. The van der Waals surface area contributed by atoms with Crippen molar-refractivity contribution in [2.45, 2.75) is 4.90 Å². The molecule has 138 valence electrons. The lowest BCUT2D eigenvalue weighted by molar-refractivity contribution is -0.114. The summed E-state index contributed by atoms with van der Waals surface area (Å²) in [4.78, 5) is 12.7. The van der Waals surface area contributed by atoms with Gasteiger partial charge in [0.25, 0.3) is 10.0 Å². The minimum Gasteiger partial charge on any atom is -0.325 e. The molecule has 3 aromatic carbocycles. The highest BCUT2D eigenvalue weighted by atomic mass is 127. The number of sulfonamides is 1. The molecule has 0 bridgehead atoms. The number of nitrogens with one attached hydrogen (secondary N) is 1. The average Bonchev–Trinajstić information content (AvgIpc) is 2.68. The molecule has 0 saturated carbocycles. The Morgan fingerprint density at radius 1 is 0.852 bits per heavy atom. The van der Waals surface area contributed by atoms with Crippen molar-refractivity contribution in [2.75, 3.05) is 16.2 Å². The second-order valence-electron chi connectivity index (χ2n) is 5.72. The molecule has 0 aliphatic rings. The van der Waals surface area contributed by atoms with Crippen molar-refractivity contribution in [3.63, 3.8) is 0 Å². The van der Waals surface area contributed by atoms with Crippen molar-refractivity contribution in [1.82, 2.24) is 0 Å². The van der Waals surface area contributed by atoms with E-state index in [-0.39, 0.29) is 11.4 Å². The second kappa shape index (κ2) is 8.53. The Bertz CT molecular complexity index is 1010. The molecular weight excluding hydrogens is 475 g/mol. The number of carbonyl (C=O) groups is 1.